The molecule has 0 aliphatic heterocycles. The highest BCUT2D eigenvalue weighted by atomic mass is 16.5. The zero-order valence-electron chi connectivity index (χ0n) is 31.3. The quantitative estimate of drug-likeness (QED) is 0.0739. The van der Waals surface area contributed by atoms with E-state index in [1.807, 2.05) is 12.2 Å². The number of unbranched alkanes of at least 4 members (excludes halogenated alkanes) is 6. The lowest BCUT2D eigenvalue weighted by molar-refractivity contribution is 0.117. The fourth-order valence-corrected chi connectivity index (χ4v) is 8.82. The summed E-state index contributed by atoms with van der Waals surface area (Å²) < 4.78 is 12.4. The van der Waals surface area contributed by atoms with Gasteiger partial charge in [-0.15, -0.1) is 0 Å². The maximum Gasteiger partial charge on any atom is 0.0722 e. The molecule has 2 nitrogen and oxygen atoms in total. The van der Waals surface area contributed by atoms with E-state index in [0.29, 0.717) is 13.2 Å². The van der Waals surface area contributed by atoms with Crippen molar-refractivity contribution in [3.63, 3.8) is 0 Å². The number of benzene rings is 6. The predicted molar refractivity (Wildman–Crippen MR) is 226 cm³/mol. The maximum absolute atomic E-state index is 6.20. The zero-order valence-corrected chi connectivity index (χ0v) is 31.3. The van der Waals surface area contributed by atoms with Crippen LogP contribution in [-0.4, -0.2) is 13.2 Å². The van der Waals surface area contributed by atoms with E-state index in [1.54, 1.807) is 0 Å². The minimum atomic E-state index is 0.0947. The standard InChI is InChI=1S/C51H54O2/c1-3-39-21-17-29-45-41(23-19-27-43(39)45)37-52-35-15-7-5-13-33-51(49-31-11-9-25-47(49)48-26-10-12-32-50(48)51)34-14-6-8-16-36-53-38-42-24-20-28-44-40(4-2)22-18-30-46(42)44/h3-4,9-12,17-32H,1-2,5-8,13-16,33-38H2. The molecule has 0 N–H and O–H groups in total. The summed E-state index contributed by atoms with van der Waals surface area (Å²) in [6.07, 6.45) is 15.8. The molecule has 0 amide bonds. The molecule has 0 saturated heterocycles. The molecule has 53 heavy (non-hydrogen) atoms. The van der Waals surface area contributed by atoms with Crippen molar-refractivity contribution < 1.29 is 9.47 Å². The van der Waals surface area contributed by atoms with Gasteiger partial charge in [-0.2, -0.15) is 0 Å². The van der Waals surface area contributed by atoms with Crippen LogP contribution in [0.5, 0.6) is 0 Å². The molecule has 6 aromatic rings. The van der Waals surface area contributed by atoms with Crippen LogP contribution in [0.3, 0.4) is 0 Å². The smallest absolute Gasteiger partial charge is 0.0722 e. The third-order valence-corrected chi connectivity index (χ3v) is 11.5. The van der Waals surface area contributed by atoms with Crippen LogP contribution in [0.1, 0.15) is 97.6 Å². The zero-order chi connectivity index (χ0) is 36.3. The molecule has 1 aliphatic carbocycles. The molecular weight excluding hydrogens is 645 g/mol. The van der Waals surface area contributed by atoms with Gasteiger partial charge < -0.3 is 9.47 Å². The summed E-state index contributed by atoms with van der Waals surface area (Å²) >= 11 is 0. The van der Waals surface area contributed by atoms with Gasteiger partial charge >= 0.3 is 0 Å². The second-order valence-corrected chi connectivity index (χ2v) is 14.7. The third kappa shape index (κ3) is 8.10. The van der Waals surface area contributed by atoms with Crippen LogP contribution in [0, 0.1) is 0 Å². The Bertz CT molecular complexity index is 2000. The fraction of sp³-hybridized carbons (Fsp3) is 0.294. The lowest BCUT2D eigenvalue weighted by Gasteiger charge is -2.33. The highest BCUT2D eigenvalue weighted by Gasteiger charge is 2.41. The topological polar surface area (TPSA) is 18.5 Å². The van der Waals surface area contributed by atoms with Crippen molar-refractivity contribution in [3.05, 3.63) is 168 Å². The van der Waals surface area contributed by atoms with Gasteiger partial charge in [-0.05, 0) is 91.7 Å². The Morgan fingerprint density at radius 1 is 0.415 bits per heavy atom. The van der Waals surface area contributed by atoms with Crippen LogP contribution >= 0.6 is 0 Å². The number of rotatable bonds is 20. The van der Waals surface area contributed by atoms with E-state index in [9.17, 15) is 0 Å². The Morgan fingerprint density at radius 3 is 1.30 bits per heavy atom. The molecule has 1 aliphatic rings. The third-order valence-electron chi connectivity index (χ3n) is 11.5. The van der Waals surface area contributed by atoms with Gasteiger partial charge in [-0.3, -0.25) is 0 Å². The van der Waals surface area contributed by atoms with Gasteiger partial charge in [0.25, 0.3) is 0 Å². The number of hydrogen-bond acceptors (Lipinski definition) is 2. The van der Waals surface area contributed by atoms with Crippen molar-refractivity contribution in [1.29, 1.82) is 0 Å². The van der Waals surface area contributed by atoms with Crippen molar-refractivity contribution in [2.45, 2.75) is 82.8 Å². The molecule has 0 spiro atoms. The van der Waals surface area contributed by atoms with Crippen molar-refractivity contribution in [2.75, 3.05) is 13.2 Å². The van der Waals surface area contributed by atoms with E-state index in [4.69, 9.17) is 9.47 Å². The Morgan fingerprint density at radius 2 is 0.830 bits per heavy atom. The lowest BCUT2D eigenvalue weighted by Crippen LogP contribution is -2.25. The first-order valence-corrected chi connectivity index (χ1v) is 19.8. The molecule has 0 aromatic heterocycles. The van der Waals surface area contributed by atoms with Crippen LogP contribution < -0.4 is 0 Å². The van der Waals surface area contributed by atoms with Crippen LogP contribution in [0.15, 0.2) is 134 Å². The molecule has 6 aromatic carbocycles. The maximum atomic E-state index is 6.20. The fourth-order valence-electron chi connectivity index (χ4n) is 8.82. The van der Waals surface area contributed by atoms with E-state index >= 15 is 0 Å². The summed E-state index contributed by atoms with van der Waals surface area (Å²) in [6.45, 7) is 10.9. The van der Waals surface area contributed by atoms with E-state index in [0.717, 1.165) is 26.1 Å². The van der Waals surface area contributed by atoms with Gasteiger partial charge in [0.15, 0.2) is 0 Å². The molecular formula is C51H54O2. The molecule has 270 valence electrons. The largest absolute Gasteiger partial charge is 0.377 e. The summed E-state index contributed by atoms with van der Waals surface area (Å²) in [7, 11) is 0. The van der Waals surface area contributed by atoms with Gasteiger partial charge in [0.2, 0.25) is 0 Å². The van der Waals surface area contributed by atoms with Crippen LogP contribution in [-0.2, 0) is 28.1 Å². The Labute approximate surface area is 317 Å². The summed E-state index contributed by atoms with van der Waals surface area (Å²) in [5.41, 5.74) is 10.9. The van der Waals surface area contributed by atoms with Crippen molar-refractivity contribution in [1.82, 2.24) is 0 Å². The highest BCUT2D eigenvalue weighted by Crippen LogP contribution is 2.54. The molecule has 0 unspecified atom stereocenters. The summed E-state index contributed by atoms with van der Waals surface area (Å²) in [4.78, 5) is 0. The first-order chi connectivity index (χ1) is 26.2. The molecule has 0 bridgehead atoms. The molecule has 0 radical (unpaired) electrons. The van der Waals surface area contributed by atoms with Gasteiger partial charge in [-0.1, -0.05) is 185 Å². The van der Waals surface area contributed by atoms with Gasteiger partial charge in [0.1, 0.15) is 0 Å². The van der Waals surface area contributed by atoms with Crippen molar-refractivity contribution >= 4 is 33.7 Å². The Kier molecular flexibility index (Phi) is 12.3. The van der Waals surface area contributed by atoms with Gasteiger partial charge in [0, 0.05) is 18.6 Å². The minimum absolute atomic E-state index is 0.0947. The minimum Gasteiger partial charge on any atom is -0.377 e. The summed E-state index contributed by atoms with van der Waals surface area (Å²) in [5, 5.41) is 5.02. The molecule has 2 heteroatoms. The lowest BCUT2D eigenvalue weighted by atomic mass is 9.70. The predicted octanol–water partition coefficient (Wildman–Crippen LogP) is 13.9. The normalized spacial score (nSPS) is 12.9. The van der Waals surface area contributed by atoms with E-state index in [-0.39, 0.29) is 5.41 Å². The second kappa shape index (κ2) is 17.8. The van der Waals surface area contributed by atoms with Gasteiger partial charge in [-0.25, -0.2) is 0 Å². The number of fused-ring (bicyclic) bond motifs is 5. The number of ether oxygens (including phenoxy) is 2. The molecule has 0 heterocycles. The number of hydrogen-bond donors (Lipinski definition) is 0. The summed E-state index contributed by atoms with van der Waals surface area (Å²) in [5.74, 6) is 0. The molecule has 7 rings (SSSR count). The SMILES string of the molecule is C=Cc1cccc2c(COCCCCCCC3(CCCCCCOCc4cccc5c(C=C)cccc45)c4ccccc4-c4ccccc43)cccc12. The first-order valence-electron chi connectivity index (χ1n) is 19.8. The van der Waals surface area contributed by atoms with E-state index < -0.39 is 0 Å². The van der Waals surface area contributed by atoms with Crippen LogP contribution in [0.25, 0.3) is 44.8 Å². The monoisotopic (exact) mass is 698 g/mol. The Hall–Kier alpha value is -4.76. The molecule has 0 saturated carbocycles. The van der Waals surface area contributed by atoms with Gasteiger partial charge in [0.05, 0.1) is 13.2 Å². The molecule has 0 fully saturated rings. The highest BCUT2D eigenvalue weighted by molar-refractivity contribution is 5.93. The van der Waals surface area contributed by atoms with Crippen LogP contribution in [0.4, 0.5) is 0 Å². The summed E-state index contributed by atoms with van der Waals surface area (Å²) in [6, 6.07) is 44.2. The Balaban J connectivity index is 0.890. The van der Waals surface area contributed by atoms with E-state index in [2.05, 4.69) is 134 Å². The van der Waals surface area contributed by atoms with Crippen molar-refractivity contribution in [2.24, 2.45) is 0 Å². The second-order valence-electron chi connectivity index (χ2n) is 14.7. The van der Waals surface area contributed by atoms with E-state index in [1.165, 1.54) is 117 Å². The molecule has 0 atom stereocenters. The average Bonchev–Trinajstić information content (AvgIpc) is 3.48. The van der Waals surface area contributed by atoms with Crippen molar-refractivity contribution in [3.8, 4) is 11.1 Å². The average molecular weight is 699 g/mol. The first kappa shape index (κ1) is 36.6. The van der Waals surface area contributed by atoms with Crippen LogP contribution in [0.2, 0.25) is 0 Å².